The molecule has 26 heavy (non-hydrogen) atoms. The van der Waals surface area contributed by atoms with Gasteiger partial charge in [-0.15, -0.1) is 5.06 Å². The van der Waals surface area contributed by atoms with E-state index in [-0.39, 0.29) is 18.2 Å². The van der Waals surface area contributed by atoms with E-state index in [1.807, 2.05) is 6.92 Å². The van der Waals surface area contributed by atoms with Crippen LogP contribution in [-0.4, -0.2) is 35.7 Å². The number of amides is 1. The Hall–Kier alpha value is -2.50. The van der Waals surface area contributed by atoms with Gasteiger partial charge in [0.2, 0.25) is 0 Å². The molecule has 1 atom stereocenters. The number of hydrogen-bond donors (Lipinski definition) is 0. The first-order valence-corrected chi connectivity index (χ1v) is 8.82. The first-order valence-electron chi connectivity index (χ1n) is 8.82. The topological polar surface area (TPSA) is 65.1 Å². The maximum atomic E-state index is 12.7. The van der Waals surface area contributed by atoms with E-state index < -0.39 is 11.7 Å². The Morgan fingerprint density at radius 1 is 1.27 bits per heavy atom. The van der Waals surface area contributed by atoms with Crippen LogP contribution >= 0.6 is 0 Å². The van der Waals surface area contributed by atoms with Crippen molar-refractivity contribution in [2.75, 3.05) is 7.11 Å². The van der Waals surface area contributed by atoms with E-state index in [4.69, 9.17) is 14.3 Å². The first-order chi connectivity index (χ1) is 12.2. The number of methoxy groups -OCH3 is 1. The Kier molecular flexibility index (Phi) is 6.29. The molecule has 0 N–H and O–H groups in total. The number of allylic oxidation sites excluding steroid dienone is 1. The van der Waals surface area contributed by atoms with Crippen LogP contribution in [0.15, 0.2) is 30.3 Å². The second-order valence-electron chi connectivity index (χ2n) is 7.25. The summed E-state index contributed by atoms with van der Waals surface area (Å²) in [7, 11) is 1.58. The first kappa shape index (κ1) is 19.8. The zero-order valence-electron chi connectivity index (χ0n) is 16.1. The normalized spacial score (nSPS) is 17.9. The Bertz CT molecular complexity index is 672. The molecule has 2 rings (SSSR count). The van der Waals surface area contributed by atoms with E-state index in [9.17, 15) is 9.59 Å². The number of rotatable bonds is 4. The van der Waals surface area contributed by atoms with Crippen molar-refractivity contribution in [1.29, 1.82) is 0 Å². The smallest absolute Gasteiger partial charge is 0.444 e. The molecule has 0 saturated carbocycles. The van der Waals surface area contributed by atoms with Gasteiger partial charge in [-0.1, -0.05) is 13.3 Å². The van der Waals surface area contributed by atoms with Gasteiger partial charge in [-0.05, 0) is 51.5 Å². The zero-order valence-corrected chi connectivity index (χ0v) is 16.1. The summed E-state index contributed by atoms with van der Waals surface area (Å²) in [5, 5.41) is 1.20. The molecular formula is C20H27NO5. The summed E-state index contributed by atoms with van der Waals surface area (Å²) in [6.45, 7) is 7.38. The summed E-state index contributed by atoms with van der Waals surface area (Å²) in [5.74, 6) is 0.935. The van der Waals surface area contributed by atoms with Gasteiger partial charge in [-0.3, -0.25) is 4.79 Å². The summed E-state index contributed by atoms with van der Waals surface area (Å²) in [5.41, 5.74) is 0.0298. The van der Waals surface area contributed by atoms with Crippen LogP contribution in [0.5, 0.6) is 5.75 Å². The van der Waals surface area contributed by atoms with E-state index in [0.717, 1.165) is 6.42 Å². The largest absolute Gasteiger partial charge is 0.497 e. The average molecular weight is 361 g/mol. The van der Waals surface area contributed by atoms with Crippen LogP contribution in [0.3, 0.4) is 0 Å². The van der Waals surface area contributed by atoms with Gasteiger partial charge < -0.3 is 14.3 Å². The van der Waals surface area contributed by atoms with Crippen molar-refractivity contribution in [1.82, 2.24) is 5.06 Å². The molecule has 0 aliphatic carbocycles. The lowest BCUT2D eigenvalue weighted by Crippen LogP contribution is -2.43. The maximum absolute atomic E-state index is 12.7. The van der Waals surface area contributed by atoms with E-state index in [1.54, 1.807) is 52.1 Å². The predicted molar refractivity (Wildman–Crippen MR) is 98.4 cm³/mol. The Morgan fingerprint density at radius 2 is 1.92 bits per heavy atom. The van der Waals surface area contributed by atoms with Gasteiger partial charge >= 0.3 is 6.09 Å². The molecule has 1 amide bonds. The van der Waals surface area contributed by atoms with Gasteiger partial charge in [0.25, 0.3) is 0 Å². The minimum atomic E-state index is -0.655. The van der Waals surface area contributed by atoms with Crippen molar-refractivity contribution in [3.8, 4) is 5.75 Å². The highest BCUT2D eigenvalue weighted by atomic mass is 16.7. The van der Waals surface area contributed by atoms with Crippen LogP contribution in [0.25, 0.3) is 5.76 Å². The quantitative estimate of drug-likeness (QED) is 0.798. The zero-order chi connectivity index (χ0) is 19.3. The summed E-state index contributed by atoms with van der Waals surface area (Å²) in [6, 6.07) is 6.75. The highest BCUT2D eigenvalue weighted by Gasteiger charge is 2.34. The fourth-order valence-electron chi connectivity index (χ4n) is 2.66. The van der Waals surface area contributed by atoms with Crippen LogP contribution in [-0.2, 0) is 14.4 Å². The average Bonchev–Trinajstić information content (AvgIpc) is 2.72. The third kappa shape index (κ3) is 5.25. The van der Waals surface area contributed by atoms with Crippen molar-refractivity contribution < 1.29 is 23.9 Å². The molecule has 0 bridgehead atoms. The molecule has 0 saturated heterocycles. The molecule has 0 unspecified atom stereocenters. The van der Waals surface area contributed by atoms with Gasteiger partial charge in [0, 0.05) is 18.1 Å². The second-order valence-corrected chi connectivity index (χ2v) is 7.25. The van der Waals surface area contributed by atoms with E-state index in [0.29, 0.717) is 23.5 Å². The van der Waals surface area contributed by atoms with E-state index in [2.05, 4.69) is 0 Å². The van der Waals surface area contributed by atoms with Gasteiger partial charge in [0.05, 0.1) is 13.2 Å². The molecule has 1 aliphatic heterocycles. The Morgan fingerprint density at radius 3 is 2.46 bits per heavy atom. The summed E-state index contributed by atoms with van der Waals surface area (Å²) >= 11 is 0. The molecule has 0 spiro atoms. The molecular weight excluding hydrogens is 334 g/mol. The standard InChI is InChI=1S/C20H27NO5/c1-6-7-15-12-16(22)13-18(14-8-10-17(24-5)11-9-14)26-21(15)19(23)25-20(2,3)4/h8-11,13,15H,6-7,12H2,1-5H3/t15-/m0/s1. The number of benzene rings is 1. The minimum Gasteiger partial charge on any atom is -0.497 e. The monoisotopic (exact) mass is 361 g/mol. The number of carbonyl (C=O) groups excluding carboxylic acids is 2. The van der Waals surface area contributed by atoms with Crippen molar-refractivity contribution in [3.05, 3.63) is 35.9 Å². The molecule has 1 aliphatic rings. The van der Waals surface area contributed by atoms with Crippen molar-refractivity contribution in [2.24, 2.45) is 0 Å². The lowest BCUT2D eigenvalue weighted by Gasteiger charge is -2.31. The number of ketones is 1. The summed E-state index contributed by atoms with van der Waals surface area (Å²) in [4.78, 5) is 30.9. The number of ether oxygens (including phenoxy) is 2. The van der Waals surface area contributed by atoms with Crippen molar-refractivity contribution in [3.63, 3.8) is 0 Å². The molecule has 0 fully saturated rings. The van der Waals surface area contributed by atoms with Gasteiger partial charge in [-0.25, -0.2) is 4.79 Å². The van der Waals surface area contributed by atoms with Gasteiger partial charge in [0.15, 0.2) is 11.5 Å². The SMILES string of the molecule is CCC[C@H]1CC(=O)C=C(c2ccc(OC)cc2)ON1C(=O)OC(C)(C)C. The summed E-state index contributed by atoms with van der Waals surface area (Å²) in [6.07, 6.45) is 2.51. The van der Waals surface area contributed by atoms with Crippen molar-refractivity contribution >= 4 is 17.6 Å². The Balaban J connectivity index is 2.32. The van der Waals surface area contributed by atoms with Crippen LogP contribution in [0.2, 0.25) is 0 Å². The minimum absolute atomic E-state index is 0.0830. The number of hydroxylamine groups is 2. The lowest BCUT2D eigenvalue weighted by atomic mass is 10.0. The fraction of sp³-hybridized carbons (Fsp3) is 0.500. The Labute approximate surface area is 154 Å². The number of carbonyl (C=O) groups is 2. The highest BCUT2D eigenvalue weighted by molar-refractivity contribution is 5.96. The molecule has 1 aromatic carbocycles. The summed E-state index contributed by atoms with van der Waals surface area (Å²) < 4.78 is 10.6. The van der Waals surface area contributed by atoms with Crippen LogP contribution in [0, 0.1) is 0 Å². The van der Waals surface area contributed by atoms with E-state index in [1.165, 1.54) is 11.1 Å². The van der Waals surface area contributed by atoms with E-state index >= 15 is 0 Å². The molecule has 6 heteroatoms. The molecule has 0 aromatic heterocycles. The molecule has 1 aromatic rings. The molecule has 0 radical (unpaired) electrons. The maximum Gasteiger partial charge on any atom is 0.444 e. The molecule has 6 nitrogen and oxygen atoms in total. The number of hydrogen-bond acceptors (Lipinski definition) is 5. The molecule has 1 heterocycles. The third-order valence-electron chi connectivity index (χ3n) is 3.83. The lowest BCUT2D eigenvalue weighted by molar-refractivity contribution is -0.126. The van der Waals surface area contributed by atoms with Gasteiger partial charge in [-0.2, -0.15) is 0 Å². The fourth-order valence-corrected chi connectivity index (χ4v) is 2.66. The van der Waals surface area contributed by atoms with Crippen LogP contribution in [0.1, 0.15) is 52.5 Å². The van der Waals surface area contributed by atoms with Gasteiger partial charge in [0.1, 0.15) is 11.4 Å². The second kappa shape index (κ2) is 8.25. The third-order valence-corrected chi connectivity index (χ3v) is 3.83. The van der Waals surface area contributed by atoms with Crippen LogP contribution < -0.4 is 4.74 Å². The number of nitrogens with zero attached hydrogens (tertiary/aromatic N) is 1. The van der Waals surface area contributed by atoms with Crippen molar-refractivity contribution in [2.45, 2.75) is 58.6 Å². The predicted octanol–water partition coefficient (Wildman–Crippen LogP) is 4.35. The molecule has 142 valence electrons. The van der Waals surface area contributed by atoms with Crippen LogP contribution in [0.4, 0.5) is 4.79 Å². The highest BCUT2D eigenvalue weighted by Crippen LogP contribution is 2.28.